The van der Waals surface area contributed by atoms with Gasteiger partial charge in [-0.2, -0.15) is 0 Å². The number of allylic oxidation sites excluding steroid dienone is 4. The standard InChI is InChI=1S/C27H26N2O4/c30-25(26-28-24(19-32-26)22-14-8-3-9-15-22)23(17-16-20-10-4-1-5-11-20)29-27(31)33-18-21-12-6-2-7-13-21/h1-2,4-8,10-15,19,23H,3,9,16-18H2,(H,29,31). The zero-order valence-electron chi connectivity index (χ0n) is 18.3. The fourth-order valence-electron chi connectivity index (χ4n) is 3.60. The highest BCUT2D eigenvalue weighted by Crippen LogP contribution is 2.21. The molecule has 1 heterocycles. The molecule has 33 heavy (non-hydrogen) atoms. The van der Waals surface area contributed by atoms with Gasteiger partial charge in [0.2, 0.25) is 5.78 Å². The third-order valence-electron chi connectivity index (χ3n) is 5.39. The van der Waals surface area contributed by atoms with Gasteiger partial charge in [0.25, 0.3) is 5.89 Å². The molecule has 1 aliphatic carbocycles. The number of alkyl carbamates (subject to hydrolysis) is 1. The van der Waals surface area contributed by atoms with Crippen LogP contribution in [0, 0.1) is 0 Å². The molecule has 0 aliphatic heterocycles. The van der Waals surface area contributed by atoms with Gasteiger partial charge in [0, 0.05) is 0 Å². The summed E-state index contributed by atoms with van der Waals surface area (Å²) >= 11 is 0. The topological polar surface area (TPSA) is 81.4 Å². The van der Waals surface area contributed by atoms with Crippen molar-refractivity contribution < 1.29 is 18.7 Å². The molecule has 1 N–H and O–H groups in total. The van der Waals surface area contributed by atoms with Crippen molar-refractivity contribution in [2.75, 3.05) is 0 Å². The Kier molecular flexibility index (Phi) is 7.48. The molecule has 168 valence electrons. The molecule has 0 bridgehead atoms. The van der Waals surface area contributed by atoms with Gasteiger partial charge >= 0.3 is 6.09 Å². The van der Waals surface area contributed by atoms with Crippen LogP contribution in [0.3, 0.4) is 0 Å². The third kappa shape index (κ3) is 6.29. The Morgan fingerprint density at radius 1 is 1.00 bits per heavy atom. The number of ketones is 1. The molecule has 1 aliphatic rings. The van der Waals surface area contributed by atoms with Crippen molar-refractivity contribution in [3.05, 3.63) is 108 Å². The molecule has 0 saturated heterocycles. The molecule has 6 heteroatoms. The van der Waals surface area contributed by atoms with Crippen LogP contribution in [0.25, 0.3) is 5.57 Å². The summed E-state index contributed by atoms with van der Waals surface area (Å²) in [6.07, 6.45) is 9.85. The maximum Gasteiger partial charge on any atom is 0.408 e. The molecular formula is C27H26N2O4. The number of carbonyl (C=O) groups is 2. The molecule has 3 aromatic rings. The molecule has 0 fully saturated rings. The number of nitrogens with one attached hydrogen (secondary N) is 1. The molecule has 1 aromatic heterocycles. The first-order valence-corrected chi connectivity index (χ1v) is 11.1. The van der Waals surface area contributed by atoms with E-state index in [1.165, 1.54) is 6.26 Å². The summed E-state index contributed by atoms with van der Waals surface area (Å²) in [6.45, 7) is 0.121. The van der Waals surface area contributed by atoms with Crippen LogP contribution in [0.2, 0.25) is 0 Å². The summed E-state index contributed by atoms with van der Waals surface area (Å²) in [6, 6.07) is 18.4. The van der Waals surface area contributed by atoms with Gasteiger partial charge in [0.1, 0.15) is 24.6 Å². The molecule has 2 aromatic carbocycles. The SMILES string of the molecule is O=C(NC(CCc1ccccc1)C(=O)c1nc(C2=CCCC=C2)co1)OCc1ccccc1. The maximum absolute atomic E-state index is 13.2. The minimum absolute atomic E-state index is 0.0219. The largest absolute Gasteiger partial charge is 0.445 e. The van der Waals surface area contributed by atoms with Gasteiger partial charge in [-0.05, 0) is 42.4 Å². The van der Waals surface area contributed by atoms with E-state index in [1.807, 2.05) is 66.7 Å². The van der Waals surface area contributed by atoms with E-state index in [-0.39, 0.29) is 18.3 Å². The van der Waals surface area contributed by atoms with Crippen LogP contribution in [-0.4, -0.2) is 22.9 Å². The molecule has 0 spiro atoms. The van der Waals surface area contributed by atoms with Crippen molar-refractivity contribution >= 4 is 17.4 Å². The number of oxazole rings is 1. The van der Waals surface area contributed by atoms with E-state index in [9.17, 15) is 9.59 Å². The first-order chi connectivity index (χ1) is 16.2. The van der Waals surface area contributed by atoms with Crippen LogP contribution in [0.5, 0.6) is 0 Å². The second kappa shape index (κ2) is 11.1. The number of ether oxygens (including phenoxy) is 1. The van der Waals surface area contributed by atoms with E-state index < -0.39 is 12.1 Å². The number of benzene rings is 2. The summed E-state index contributed by atoms with van der Waals surface area (Å²) in [5, 5.41) is 2.71. The normalized spacial score (nSPS) is 13.8. The number of carbonyl (C=O) groups excluding carboxylic acids is 2. The lowest BCUT2D eigenvalue weighted by Gasteiger charge is -2.16. The molecule has 0 saturated carbocycles. The van der Waals surface area contributed by atoms with Gasteiger partial charge in [-0.15, -0.1) is 0 Å². The summed E-state index contributed by atoms with van der Waals surface area (Å²) in [5.41, 5.74) is 3.48. The Balaban J connectivity index is 1.44. The number of hydrogen-bond donors (Lipinski definition) is 1. The smallest absolute Gasteiger partial charge is 0.408 e. The Labute approximate surface area is 193 Å². The molecule has 4 rings (SSSR count). The van der Waals surface area contributed by atoms with Crippen molar-refractivity contribution in [1.82, 2.24) is 10.3 Å². The molecule has 1 amide bonds. The summed E-state index contributed by atoms with van der Waals surface area (Å²) in [4.78, 5) is 30.1. The predicted octanol–water partition coefficient (Wildman–Crippen LogP) is 5.52. The summed E-state index contributed by atoms with van der Waals surface area (Å²) < 4.78 is 10.8. The van der Waals surface area contributed by atoms with Crippen LogP contribution in [0.1, 0.15) is 46.8 Å². The van der Waals surface area contributed by atoms with E-state index in [0.29, 0.717) is 18.5 Å². The zero-order chi connectivity index (χ0) is 22.9. The van der Waals surface area contributed by atoms with Crippen molar-refractivity contribution in [2.45, 2.75) is 38.3 Å². The predicted molar refractivity (Wildman–Crippen MR) is 125 cm³/mol. The average molecular weight is 443 g/mol. The van der Waals surface area contributed by atoms with E-state index >= 15 is 0 Å². The van der Waals surface area contributed by atoms with Gasteiger partial charge in [-0.25, -0.2) is 9.78 Å². The molecule has 6 nitrogen and oxygen atoms in total. The maximum atomic E-state index is 13.2. The lowest BCUT2D eigenvalue weighted by molar-refractivity contribution is 0.0878. The van der Waals surface area contributed by atoms with E-state index in [0.717, 1.165) is 29.5 Å². The van der Waals surface area contributed by atoms with Crippen molar-refractivity contribution in [2.24, 2.45) is 0 Å². The van der Waals surface area contributed by atoms with Gasteiger partial charge < -0.3 is 14.5 Å². The number of nitrogens with zero attached hydrogens (tertiary/aromatic N) is 1. The monoisotopic (exact) mass is 442 g/mol. The van der Waals surface area contributed by atoms with Gasteiger partial charge in [-0.3, -0.25) is 4.79 Å². The minimum atomic E-state index is -0.823. The summed E-state index contributed by atoms with van der Waals surface area (Å²) in [7, 11) is 0. The first kappa shape index (κ1) is 22.3. The van der Waals surface area contributed by atoms with E-state index in [1.54, 1.807) is 0 Å². The lowest BCUT2D eigenvalue weighted by Crippen LogP contribution is -2.41. The third-order valence-corrected chi connectivity index (χ3v) is 5.39. The Morgan fingerprint density at radius 2 is 1.73 bits per heavy atom. The summed E-state index contributed by atoms with van der Waals surface area (Å²) in [5.74, 6) is -0.402. The first-order valence-electron chi connectivity index (χ1n) is 11.1. The van der Waals surface area contributed by atoms with E-state index in [2.05, 4.69) is 22.5 Å². The van der Waals surface area contributed by atoms with Gasteiger partial charge in [-0.1, -0.05) is 78.9 Å². The van der Waals surface area contributed by atoms with Crippen molar-refractivity contribution in [1.29, 1.82) is 0 Å². The van der Waals surface area contributed by atoms with Crippen LogP contribution >= 0.6 is 0 Å². The highest BCUT2D eigenvalue weighted by molar-refractivity contribution is 5.98. The number of hydrogen-bond acceptors (Lipinski definition) is 5. The van der Waals surface area contributed by atoms with Crippen LogP contribution in [0.15, 0.2) is 89.6 Å². The zero-order valence-corrected chi connectivity index (χ0v) is 18.3. The number of aromatic nitrogens is 1. The average Bonchev–Trinajstić information content (AvgIpc) is 3.37. The number of rotatable bonds is 9. The second-order valence-electron chi connectivity index (χ2n) is 7.82. The fourth-order valence-corrected chi connectivity index (χ4v) is 3.60. The Hall–Kier alpha value is -3.93. The van der Waals surface area contributed by atoms with Crippen LogP contribution < -0.4 is 5.32 Å². The van der Waals surface area contributed by atoms with E-state index in [4.69, 9.17) is 9.15 Å². The molecule has 1 atom stereocenters. The molecule has 1 unspecified atom stereocenters. The highest BCUT2D eigenvalue weighted by atomic mass is 16.5. The number of Topliss-reactive ketones (excluding diaryl/α,β-unsaturated/α-hetero) is 1. The number of amides is 1. The van der Waals surface area contributed by atoms with Crippen LogP contribution in [0.4, 0.5) is 4.79 Å². The minimum Gasteiger partial charge on any atom is -0.445 e. The highest BCUT2D eigenvalue weighted by Gasteiger charge is 2.27. The Morgan fingerprint density at radius 3 is 2.42 bits per heavy atom. The molecular weight excluding hydrogens is 416 g/mol. The van der Waals surface area contributed by atoms with Gasteiger partial charge in [0.15, 0.2) is 0 Å². The Bertz CT molecular complexity index is 1130. The molecule has 0 radical (unpaired) electrons. The van der Waals surface area contributed by atoms with Crippen molar-refractivity contribution in [3.8, 4) is 0 Å². The lowest BCUT2D eigenvalue weighted by atomic mass is 10.0. The number of aryl methyl sites for hydroxylation is 1. The van der Waals surface area contributed by atoms with Crippen LogP contribution in [-0.2, 0) is 17.8 Å². The quantitative estimate of drug-likeness (QED) is 0.441. The van der Waals surface area contributed by atoms with Crippen molar-refractivity contribution in [3.63, 3.8) is 0 Å². The second-order valence-corrected chi connectivity index (χ2v) is 7.82. The van der Waals surface area contributed by atoms with Gasteiger partial charge in [0.05, 0.1) is 0 Å². The fraction of sp³-hybridized carbons (Fsp3) is 0.222.